The van der Waals surface area contributed by atoms with E-state index >= 15 is 0 Å². The average molecular weight is 479 g/mol. The highest BCUT2D eigenvalue weighted by Crippen LogP contribution is 2.44. The highest BCUT2D eigenvalue weighted by molar-refractivity contribution is 5.90. The van der Waals surface area contributed by atoms with Crippen LogP contribution in [-0.4, -0.2) is 41.3 Å². The largest absolute Gasteiger partial charge is 0.481 e. The van der Waals surface area contributed by atoms with Crippen LogP contribution in [0.2, 0.25) is 0 Å². The lowest BCUT2D eigenvalue weighted by Gasteiger charge is -2.39. The molecular formula is C28H34N2O5. The molecule has 3 atom stereocenters. The van der Waals surface area contributed by atoms with E-state index in [0.717, 1.165) is 35.1 Å². The molecule has 0 aromatic heterocycles. The SMILES string of the molecule is CC1CCCC(NC(=O)OCC2c3ccccc3-c3ccccc32)(C(=O)NC(C)CCC(=O)O)C1. The van der Waals surface area contributed by atoms with E-state index in [1.165, 1.54) is 0 Å². The molecule has 2 aliphatic carbocycles. The maximum absolute atomic E-state index is 13.3. The van der Waals surface area contributed by atoms with Gasteiger partial charge in [0.25, 0.3) is 0 Å². The second kappa shape index (κ2) is 10.5. The molecule has 2 aromatic carbocycles. The molecule has 7 nitrogen and oxygen atoms in total. The first-order valence-electron chi connectivity index (χ1n) is 12.4. The number of fused-ring (bicyclic) bond motifs is 3. The van der Waals surface area contributed by atoms with Crippen LogP contribution >= 0.6 is 0 Å². The third kappa shape index (κ3) is 5.50. The Kier molecular flexibility index (Phi) is 7.43. The number of carboxylic acid groups (broad SMARTS) is 1. The predicted molar refractivity (Wildman–Crippen MR) is 133 cm³/mol. The number of benzene rings is 2. The summed E-state index contributed by atoms with van der Waals surface area (Å²) < 4.78 is 5.73. The van der Waals surface area contributed by atoms with Gasteiger partial charge in [-0.25, -0.2) is 4.79 Å². The summed E-state index contributed by atoms with van der Waals surface area (Å²) in [4.78, 5) is 37.2. The van der Waals surface area contributed by atoms with E-state index in [9.17, 15) is 14.4 Å². The van der Waals surface area contributed by atoms with E-state index in [-0.39, 0.29) is 36.8 Å². The molecule has 0 heterocycles. The normalized spacial score (nSPS) is 21.9. The first-order valence-corrected chi connectivity index (χ1v) is 12.4. The summed E-state index contributed by atoms with van der Waals surface area (Å²) in [6.45, 7) is 4.05. The van der Waals surface area contributed by atoms with Crippen molar-refractivity contribution in [2.75, 3.05) is 6.61 Å². The molecule has 1 fully saturated rings. The smallest absolute Gasteiger partial charge is 0.408 e. The van der Waals surface area contributed by atoms with Gasteiger partial charge in [0, 0.05) is 18.4 Å². The fourth-order valence-electron chi connectivity index (χ4n) is 5.53. The standard InChI is InChI=1S/C28H34N2O5/c1-18-8-7-15-28(16-18,26(33)29-19(2)13-14-25(31)32)30-27(34)35-17-24-22-11-5-3-9-20(22)21-10-4-6-12-23(21)24/h3-6,9-12,18-19,24H,7-8,13-17H2,1-2H3,(H,29,33)(H,30,34)(H,31,32). The van der Waals surface area contributed by atoms with Gasteiger partial charge in [0.2, 0.25) is 5.91 Å². The molecule has 2 aliphatic rings. The van der Waals surface area contributed by atoms with Gasteiger partial charge in [-0.2, -0.15) is 0 Å². The summed E-state index contributed by atoms with van der Waals surface area (Å²) in [6, 6.07) is 16.0. The van der Waals surface area contributed by atoms with Gasteiger partial charge in [0.1, 0.15) is 12.1 Å². The van der Waals surface area contributed by atoms with Crippen LogP contribution in [0.3, 0.4) is 0 Å². The van der Waals surface area contributed by atoms with Crippen molar-refractivity contribution in [3.05, 3.63) is 59.7 Å². The predicted octanol–water partition coefficient (Wildman–Crippen LogP) is 4.84. The van der Waals surface area contributed by atoms with Gasteiger partial charge < -0.3 is 20.5 Å². The third-order valence-corrected chi connectivity index (χ3v) is 7.29. The van der Waals surface area contributed by atoms with Crippen LogP contribution in [0.1, 0.15) is 69.4 Å². The fraction of sp³-hybridized carbons (Fsp3) is 0.464. The van der Waals surface area contributed by atoms with Crippen molar-refractivity contribution in [1.82, 2.24) is 10.6 Å². The number of aliphatic carboxylic acids is 1. The Hall–Kier alpha value is -3.35. The van der Waals surface area contributed by atoms with Crippen molar-refractivity contribution >= 4 is 18.0 Å². The van der Waals surface area contributed by atoms with Gasteiger partial charge in [-0.3, -0.25) is 9.59 Å². The van der Waals surface area contributed by atoms with Crippen LogP contribution in [0.25, 0.3) is 11.1 Å². The van der Waals surface area contributed by atoms with Crippen molar-refractivity contribution in [1.29, 1.82) is 0 Å². The molecule has 3 N–H and O–H groups in total. The van der Waals surface area contributed by atoms with Crippen molar-refractivity contribution in [2.45, 2.75) is 69.9 Å². The van der Waals surface area contributed by atoms with Crippen molar-refractivity contribution in [3.63, 3.8) is 0 Å². The summed E-state index contributed by atoms with van der Waals surface area (Å²) in [5.41, 5.74) is 3.52. The van der Waals surface area contributed by atoms with Gasteiger partial charge in [-0.05, 0) is 54.4 Å². The van der Waals surface area contributed by atoms with Crippen molar-refractivity contribution < 1.29 is 24.2 Å². The summed E-state index contributed by atoms with van der Waals surface area (Å²) in [6.07, 6.45) is 2.57. The number of nitrogens with one attached hydrogen (secondary N) is 2. The number of hydrogen-bond donors (Lipinski definition) is 3. The number of carbonyl (C=O) groups excluding carboxylic acids is 2. The molecule has 0 aliphatic heterocycles. The third-order valence-electron chi connectivity index (χ3n) is 7.29. The topological polar surface area (TPSA) is 105 Å². The molecule has 7 heteroatoms. The van der Waals surface area contributed by atoms with Crippen molar-refractivity contribution in [2.24, 2.45) is 5.92 Å². The summed E-state index contributed by atoms with van der Waals surface area (Å²) >= 11 is 0. The highest BCUT2D eigenvalue weighted by Gasteiger charge is 2.44. The van der Waals surface area contributed by atoms with Gasteiger partial charge in [-0.1, -0.05) is 68.3 Å². The molecular weight excluding hydrogens is 444 g/mol. The van der Waals surface area contributed by atoms with Crippen LogP contribution in [0, 0.1) is 5.92 Å². The summed E-state index contributed by atoms with van der Waals surface area (Å²) in [7, 11) is 0. The Labute approximate surface area is 206 Å². The maximum Gasteiger partial charge on any atom is 0.408 e. The number of carbonyl (C=O) groups is 3. The Morgan fingerprint density at radius 1 is 1.09 bits per heavy atom. The Morgan fingerprint density at radius 2 is 1.71 bits per heavy atom. The lowest BCUT2D eigenvalue weighted by atomic mass is 9.75. The van der Waals surface area contributed by atoms with Gasteiger partial charge in [0.05, 0.1) is 0 Å². The minimum atomic E-state index is -1.06. The van der Waals surface area contributed by atoms with Crippen LogP contribution in [-0.2, 0) is 14.3 Å². The number of hydrogen-bond acceptors (Lipinski definition) is 4. The number of ether oxygens (including phenoxy) is 1. The minimum absolute atomic E-state index is 0.0232. The Bertz CT molecular complexity index is 1050. The zero-order valence-electron chi connectivity index (χ0n) is 20.4. The van der Waals surface area contributed by atoms with E-state index in [2.05, 4.69) is 41.8 Å². The van der Waals surface area contributed by atoms with Gasteiger partial charge in [0.15, 0.2) is 0 Å². The molecule has 0 spiro atoms. The molecule has 0 radical (unpaired) electrons. The van der Waals surface area contributed by atoms with Gasteiger partial charge >= 0.3 is 12.1 Å². The monoisotopic (exact) mass is 478 g/mol. The number of carboxylic acids is 1. The van der Waals surface area contributed by atoms with E-state index in [4.69, 9.17) is 9.84 Å². The van der Waals surface area contributed by atoms with Gasteiger partial charge in [-0.15, -0.1) is 0 Å². The number of alkyl carbamates (subject to hydrolysis) is 1. The minimum Gasteiger partial charge on any atom is -0.481 e. The molecule has 2 aromatic rings. The van der Waals surface area contributed by atoms with E-state index in [1.807, 2.05) is 24.3 Å². The van der Waals surface area contributed by atoms with E-state index in [1.54, 1.807) is 6.92 Å². The molecule has 2 amide bonds. The van der Waals surface area contributed by atoms with E-state index < -0.39 is 17.6 Å². The van der Waals surface area contributed by atoms with Crippen LogP contribution in [0.15, 0.2) is 48.5 Å². The number of rotatable bonds is 8. The van der Waals surface area contributed by atoms with E-state index in [0.29, 0.717) is 19.3 Å². The van der Waals surface area contributed by atoms with Crippen LogP contribution < -0.4 is 10.6 Å². The number of amides is 2. The van der Waals surface area contributed by atoms with Crippen molar-refractivity contribution in [3.8, 4) is 11.1 Å². The first kappa shape index (κ1) is 24.8. The lowest BCUT2D eigenvalue weighted by Crippen LogP contribution is -2.62. The lowest BCUT2D eigenvalue weighted by molar-refractivity contribution is -0.137. The molecule has 0 bridgehead atoms. The molecule has 35 heavy (non-hydrogen) atoms. The highest BCUT2D eigenvalue weighted by atomic mass is 16.5. The molecule has 0 saturated heterocycles. The Morgan fingerprint density at radius 3 is 2.31 bits per heavy atom. The molecule has 186 valence electrons. The summed E-state index contributed by atoms with van der Waals surface area (Å²) in [5, 5.41) is 14.8. The summed E-state index contributed by atoms with van der Waals surface area (Å²) in [5.74, 6) is -0.948. The molecule has 4 rings (SSSR count). The maximum atomic E-state index is 13.3. The second-order valence-electron chi connectivity index (χ2n) is 10.0. The first-order chi connectivity index (χ1) is 16.8. The Balaban J connectivity index is 1.44. The zero-order valence-corrected chi connectivity index (χ0v) is 20.4. The molecule has 3 unspecified atom stereocenters. The van der Waals surface area contributed by atoms with Crippen LogP contribution in [0.5, 0.6) is 0 Å². The fourth-order valence-corrected chi connectivity index (χ4v) is 5.53. The quantitative estimate of drug-likeness (QED) is 0.503. The van der Waals surface area contributed by atoms with Crippen LogP contribution in [0.4, 0.5) is 4.79 Å². The average Bonchev–Trinajstić information content (AvgIpc) is 3.15. The molecule has 1 saturated carbocycles. The second-order valence-corrected chi connectivity index (χ2v) is 10.0. The zero-order chi connectivity index (χ0) is 25.0.